The van der Waals surface area contributed by atoms with Gasteiger partial charge in [0.15, 0.2) is 0 Å². The van der Waals surface area contributed by atoms with Gasteiger partial charge in [0.2, 0.25) is 5.88 Å². The number of nitrogens with zero attached hydrogens (tertiary/aromatic N) is 2. The zero-order valence-corrected chi connectivity index (χ0v) is 13.2. The first-order valence-corrected chi connectivity index (χ1v) is 7.87. The number of hydrogen-bond acceptors (Lipinski definition) is 5. The van der Waals surface area contributed by atoms with Crippen molar-refractivity contribution in [1.82, 2.24) is 15.2 Å². The minimum absolute atomic E-state index is 0.0756. The van der Waals surface area contributed by atoms with Crippen LogP contribution in [-0.4, -0.2) is 41.5 Å². The molecule has 0 spiro atoms. The fourth-order valence-electron chi connectivity index (χ4n) is 2.75. The van der Waals surface area contributed by atoms with Crippen LogP contribution in [0.3, 0.4) is 0 Å². The molecule has 0 saturated carbocycles. The molecular formula is C17H21N3O3. The molecule has 0 aromatic carbocycles. The summed E-state index contributed by atoms with van der Waals surface area (Å²) < 4.78 is 10.3. The maximum Gasteiger partial charge on any atom is 0.254 e. The molecule has 3 heterocycles. The van der Waals surface area contributed by atoms with E-state index in [0.29, 0.717) is 18.1 Å². The number of likely N-dealkylation sites (tertiary alicyclic amines) is 1. The maximum absolute atomic E-state index is 12.0. The van der Waals surface area contributed by atoms with Crippen LogP contribution in [-0.2, 0) is 6.54 Å². The van der Waals surface area contributed by atoms with Crippen molar-refractivity contribution in [2.75, 3.05) is 19.7 Å². The molecule has 122 valence electrons. The van der Waals surface area contributed by atoms with Gasteiger partial charge in [-0.3, -0.25) is 9.69 Å². The van der Waals surface area contributed by atoms with Gasteiger partial charge >= 0.3 is 0 Å². The highest BCUT2D eigenvalue weighted by Gasteiger charge is 2.24. The van der Waals surface area contributed by atoms with Crippen molar-refractivity contribution in [1.29, 1.82) is 0 Å². The first kappa shape index (κ1) is 15.6. The zero-order chi connectivity index (χ0) is 16.1. The third kappa shape index (κ3) is 4.10. The number of pyridine rings is 1. The fraction of sp³-hybridized carbons (Fsp3) is 0.412. The van der Waals surface area contributed by atoms with E-state index < -0.39 is 0 Å². The number of hydrogen-bond donors (Lipinski definition) is 1. The number of rotatable bonds is 6. The minimum Gasteiger partial charge on any atom is -0.478 e. The lowest BCUT2D eigenvalue weighted by molar-refractivity contribution is 0.0937. The normalized spacial score (nSPS) is 18.0. The molecule has 23 heavy (non-hydrogen) atoms. The Labute approximate surface area is 135 Å². The molecule has 0 bridgehead atoms. The van der Waals surface area contributed by atoms with Crippen molar-refractivity contribution < 1.29 is 13.9 Å². The summed E-state index contributed by atoms with van der Waals surface area (Å²) in [5.74, 6) is 0.580. The molecule has 6 nitrogen and oxygen atoms in total. The van der Waals surface area contributed by atoms with E-state index in [-0.39, 0.29) is 11.9 Å². The Kier molecular flexibility index (Phi) is 4.92. The second-order valence-corrected chi connectivity index (χ2v) is 5.64. The first-order chi connectivity index (χ1) is 11.2. The van der Waals surface area contributed by atoms with Crippen LogP contribution in [0.4, 0.5) is 0 Å². The summed E-state index contributed by atoms with van der Waals surface area (Å²) in [4.78, 5) is 18.6. The molecule has 1 aliphatic heterocycles. The molecule has 6 heteroatoms. The maximum atomic E-state index is 12.0. The third-order valence-electron chi connectivity index (χ3n) is 3.89. The molecule has 2 aromatic rings. The van der Waals surface area contributed by atoms with E-state index in [1.54, 1.807) is 6.07 Å². The number of carbonyl (C=O) groups excluding carboxylic acids is 1. The van der Waals surface area contributed by atoms with E-state index in [1.165, 1.54) is 12.5 Å². The Bertz CT molecular complexity index is 625. The zero-order valence-electron chi connectivity index (χ0n) is 13.2. The summed E-state index contributed by atoms with van der Waals surface area (Å²) in [6.45, 7) is 5.20. The number of carbonyl (C=O) groups is 1. The van der Waals surface area contributed by atoms with Crippen LogP contribution < -0.4 is 10.1 Å². The van der Waals surface area contributed by atoms with Crippen molar-refractivity contribution in [3.63, 3.8) is 0 Å². The standard InChI is InChI=1S/C17H21N3O3/c1-2-23-16-4-3-13(9-18-16)10-20-7-5-15(11-20)19-17(21)14-6-8-22-12-14/h3-4,6,8-9,12,15H,2,5,7,10-11H2,1H3,(H,19,21). The highest BCUT2D eigenvalue weighted by molar-refractivity contribution is 5.93. The van der Waals surface area contributed by atoms with E-state index in [4.69, 9.17) is 9.15 Å². The van der Waals surface area contributed by atoms with Crippen LogP contribution in [0.5, 0.6) is 5.88 Å². The van der Waals surface area contributed by atoms with Gasteiger partial charge in [-0.2, -0.15) is 0 Å². The lowest BCUT2D eigenvalue weighted by Crippen LogP contribution is -2.36. The Hall–Kier alpha value is -2.34. The summed E-state index contributed by atoms with van der Waals surface area (Å²) in [5, 5.41) is 3.05. The average Bonchev–Trinajstić information content (AvgIpc) is 3.21. The molecule has 1 aliphatic rings. The van der Waals surface area contributed by atoms with Gasteiger partial charge in [0.1, 0.15) is 6.26 Å². The molecule has 0 radical (unpaired) electrons. The van der Waals surface area contributed by atoms with Crippen LogP contribution in [0.25, 0.3) is 0 Å². The molecular weight excluding hydrogens is 294 g/mol. The summed E-state index contributed by atoms with van der Waals surface area (Å²) in [5.41, 5.74) is 1.72. The van der Waals surface area contributed by atoms with Gasteiger partial charge in [0.05, 0.1) is 18.4 Å². The highest BCUT2D eigenvalue weighted by atomic mass is 16.5. The number of amides is 1. The Morgan fingerprint density at radius 2 is 2.39 bits per heavy atom. The van der Waals surface area contributed by atoms with Gasteiger partial charge in [0, 0.05) is 37.9 Å². The average molecular weight is 315 g/mol. The minimum atomic E-state index is -0.0756. The number of nitrogens with one attached hydrogen (secondary N) is 1. The van der Waals surface area contributed by atoms with Gasteiger partial charge < -0.3 is 14.5 Å². The monoisotopic (exact) mass is 315 g/mol. The Morgan fingerprint density at radius 3 is 3.09 bits per heavy atom. The Balaban J connectivity index is 1.48. The summed E-state index contributed by atoms with van der Waals surface area (Å²) in [7, 11) is 0. The van der Waals surface area contributed by atoms with E-state index in [2.05, 4.69) is 15.2 Å². The predicted molar refractivity (Wildman–Crippen MR) is 85.3 cm³/mol. The van der Waals surface area contributed by atoms with Gasteiger partial charge in [0.25, 0.3) is 5.91 Å². The molecule has 3 rings (SSSR count). The van der Waals surface area contributed by atoms with Crippen LogP contribution in [0.2, 0.25) is 0 Å². The first-order valence-electron chi connectivity index (χ1n) is 7.87. The number of ether oxygens (including phenoxy) is 1. The quantitative estimate of drug-likeness (QED) is 0.884. The second-order valence-electron chi connectivity index (χ2n) is 5.64. The second kappa shape index (κ2) is 7.28. The van der Waals surface area contributed by atoms with Crippen molar-refractivity contribution in [2.24, 2.45) is 0 Å². The number of furan rings is 1. The predicted octanol–water partition coefficient (Wildman–Crippen LogP) is 2.08. The lowest BCUT2D eigenvalue weighted by atomic mass is 10.2. The molecule has 1 saturated heterocycles. The topological polar surface area (TPSA) is 67.6 Å². The summed E-state index contributed by atoms with van der Waals surface area (Å²) in [6.07, 6.45) is 5.78. The molecule has 1 unspecified atom stereocenters. The third-order valence-corrected chi connectivity index (χ3v) is 3.89. The Morgan fingerprint density at radius 1 is 1.48 bits per heavy atom. The smallest absolute Gasteiger partial charge is 0.254 e. The number of aromatic nitrogens is 1. The van der Waals surface area contributed by atoms with Gasteiger partial charge in [-0.05, 0) is 25.0 Å². The molecule has 1 N–H and O–H groups in total. The van der Waals surface area contributed by atoms with Crippen molar-refractivity contribution in [2.45, 2.75) is 25.9 Å². The van der Waals surface area contributed by atoms with Gasteiger partial charge in [-0.15, -0.1) is 0 Å². The van der Waals surface area contributed by atoms with Crippen LogP contribution >= 0.6 is 0 Å². The summed E-state index contributed by atoms with van der Waals surface area (Å²) in [6, 6.07) is 5.78. The van der Waals surface area contributed by atoms with Crippen LogP contribution in [0.1, 0.15) is 29.3 Å². The molecule has 1 amide bonds. The van der Waals surface area contributed by atoms with Crippen molar-refractivity contribution in [3.05, 3.63) is 48.0 Å². The molecule has 1 fully saturated rings. The van der Waals surface area contributed by atoms with Gasteiger partial charge in [-0.1, -0.05) is 6.07 Å². The lowest BCUT2D eigenvalue weighted by Gasteiger charge is -2.16. The van der Waals surface area contributed by atoms with Crippen molar-refractivity contribution in [3.8, 4) is 5.88 Å². The van der Waals surface area contributed by atoms with Crippen LogP contribution in [0, 0.1) is 0 Å². The van der Waals surface area contributed by atoms with Gasteiger partial charge in [-0.25, -0.2) is 4.98 Å². The molecule has 1 atom stereocenters. The molecule has 0 aliphatic carbocycles. The van der Waals surface area contributed by atoms with E-state index in [0.717, 1.165) is 31.6 Å². The highest BCUT2D eigenvalue weighted by Crippen LogP contribution is 2.15. The largest absolute Gasteiger partial charge is 0.478 e. The van der Waals surface area contributed by atoms with Crippen molar-refractivity contribution >= 4 is 5.91 Å². The fourth-order valence-corrected chi connectivity index (χ4v) is 2.75. The van der Waals surface area contributed by atoms with Crippen LogP contribution in [0.15, 0.2) is 41.3 Å². The summed E-state index contributed by atoms with van der Waals surface area (Å²) >= 11 is 0. The molecule has 2 aromatic heterocycles. The SMILES string of the molecule is CCOc1ccc(CN2CCC(NC(=O)c3ccoc3)C2)cn1. The van der Waals surface area contributed by atoms with E-state index in [9.17, 15) is 4.79 Å². The van der Waals surface area contributed by atoms with E-state index >= 15 is 0 Å². The van der Waals surface area contributed by atoms with E-state index in [1.807, 2.05) is 25.3 Å².